The van der Waals surface area contributed by atoms with E-state index in [0.29, 0.717) is 13.2 Å². The van der Waals surface area contributed by atoms with E-state index in [0.717, 1.165) is 10.7 Å². The van der Waals surface area contributed by atoms with Gasteiger partial charge in [0, 0.05) is 37.1 Å². The van der Waals surface area contributed by atoms with Crippen LogP contribution < -0.4 is 10.6 Å². The molecular weight excluding hydrogens is 282 g/mol. The van der Waals surface area contributed by atoms with Crippen molar-refractivity contribution in [3.8, 4) is 0 Å². The van der Waals surface area contributed by atoms with Crippen LogP contribution in [0.15, 0.2) is 5.38 Å². The number of urea groups is 1. The molecule has 0 bridgehead atoms. The lowest BCUT2D eigenvalue weighted by atomic mass is 9.90. The van der Waals surface area contributed by atoms with Crippen molar-refractivity contribution < 1.29 is 19.4 Å². The quantitative estimate of drug-likeness (QED) is 0.766. The lowest BCUT2D eigenvalue weighted by molar-refractivity contribution is -0.148. The van der Waals surface area contributed by atoms with Gasteiger partial charge < -0.3 is 20.5 Å². The van der Waals surface area contributed by atoms with Crippen LogP contribution in [0.3, 0.4) is 0 Å². The Morgan fingerprint density at radius 1 is 1.50 bits per heavy atom. The highest BCUT2D eigenvalue weighted by Crippen LogP contribution is 2.21. The number of nitrogens with one attached hydrogen (secondary N) is 2. The number of aryl methyl sites for hydroxylation is 1. The van der Waals surface area contributed by atoms with E-state index in [1.54, 1.807) is 0 Å². The fraction of sp³-hybridized carbons (Fsp3) is 0.583. The number of nitrogens with zero attached hydrogens (tertiary/aromatic N) is 1. The van der Waals surface area contributed by atoms with E-state index in [4.69, 9.17) is 4.74 Å². The summed E-state index contributed by atoms with van der Waals surface area (Å²) in [6, 6.07) is -0.498. The lowest BCUT2D eigenvalue weighted by Crippen LogP contribution is -2.59. The number of aromatic nitrogens is 1. The van der Waals surface area contributed by atoms with Gasteiger partial charge in [0.2, 0.25) is 0 Å². The van der Waals surface area contributed by atoms with Crippen LogP contribution in [0.4, 0.5) is 4.79 Å². The molecule has 3 N–H and O–H groups in total. The first kappa shape index (κ1) is 14.7. The van der Waals surface area contributed by atoms with Crippen molar-refractivity contribution in [2.75, 3.05) is 13.2 Å². The van der Waals surface area contributed by atoms with Crippen molar-refractivity contribution in [3.05, 3.63) is 16.1 Å². The second kappa shape index (κ2) is 6.19. The van der Waals surface area contributed by atoms with Gasteiger partial charge in [0.05, 0.1) is 6.54 Å². The van der Waals surface area contributed by atoms with E-state index >= 15 is 0 Å². The van der Waals surface area contributed by atoms with E-state index in [-0.39, 0.29) is 19.4 Å². The fourth-order valence-electron chi connectivity index (χ4n) is 2.01. The Hall–Kier alpha value is -1.67. The summed E-state index contributed by atoms with van der Waals surface area (Å²) >= 11 is 1.45. The van der Waals surface area contributed by atoms with Crippen LogP contribution in [-0.4, -0.2) is 40.8 Å². The van der Waals surface area contributed by atoms with E-state index in [9.17, 15) is 14.7 Å². The summed E-state index contributed by atoms with van der Waals surface area (Å²) in [6.45, 7) is 2.83. The largest absolute Gasteiger partial charge is 0.480 e. The van der Waals surface area contributed by atoms with E-state index in [1.165, 1.54) is 11.3 Å². The van der Waals surface area contributed by atoms with Crippen molar-refractivity contribution in [1.82, 2.24) is 15.6 Å². The zero-order valence-corrected chi connectivity index (χ0v) is 12.0. The molecule has 1 aliphatic heterocycles. The second-order valence-electron chi connectivity index (χ2n) is 4.69. The minimum atomic E-state index is -1.23. The number of carbonyl (C=O) groups excluding carboxylic acids is 1. The minimum Gasteiger partial charge on any atom is -0.480 e. The van der Waals surface area contributed by atoms with Gasteiger partial charge in [-0.25, -0.2) is 14.6 Å². The summed E-state index contributed by atoms with van der Waals surface area (Å²) in [5.74, 6) is -1.03. The maximum atomic E-state index is 11.9. The van der Waals surface area contributed by atoms with Crippen LogP contribution >= 0.6 is 11.3 Å². The first-order valence-corrected chi connectivity index (χ1v) is 7.18. The number of rotatable bonds is 4. The SMILES string of the molecule is Cc1csc(CNC(=O)NC2(C(=O)O)CCOCC2)n1. The highest BCUT2D eigenvalue weighted by molar-refractivity contribution is 7.09. The molecule has 20 heavy (non-hydrogen) atoms. The highest BCUT2D eigenvalue weighted by Gasteiger charge is 2.41. The molecule has 0 radical (unpaired) electrons. The van der Waals surface area contributed by atoms with Gasteiger partial charge in [-0.3, -0.25) is 0 Å². The summed E-state index contributed by atoms with van der Waals surface area (Å²) in [5.41, 5.74) is -0.333. The van der Waals surface area contributed by atoms with Crippen LogP contribution in [0.5, 0.6) is 0 Å². The Morgan fingerprint density at radius 2 is 2.20 bits per heavy atom. The number of hydrogen-bond donors (Lipinski definition) is 3. The van der Waals surface area contributed by atoms with Gasteiger partial charge in [-0.2, -0.15) is 0 Å². The third-order valence-corrected chi connectivity index (χ3v) is 4.14. The predicted molar refractivity (Wildman–Crippen MR) is 72.6 cm³/mol. The summed E-state index contributed by atoms with van der Waals surface area (Å²) in [4.78, 5) is 27.5. The minimum absolute atomic E-state index is 0.270. The van der Waals surface area contributed by atoms with Gasteiger partial charge in [-0.15, -0.1) is 11.3 Å². The molecule has 8 heteroatoms. The topological polar surface area (TPSA) is 101 Å². The van der Waals surface area contributed by atoms with Crippen molar-refractivity contribution in [2.24, 2.45) is 0 Å². The number of carbonyl (C=O) groups is 2. The molecule has 1 aliphatic rings. The summed E-state index contributed by atoms with van der Waals surface area (Å²) < 4.78 is 5.15. The summed E-state index contributed by atoms with van der Waals surface area (Å²) in [6.07, 6.45) is 0.540. The smallest absolute Gasteiger partial charge is 0.329 e. The molecule has 0 aromatic carbocycles. The summed E-state index contributed by atoms with van der Waals surface area (Å²) in [7, 11) is 0. The van der Waals surface area contributed by atoms with Crippen molar-refractivity contribution in [1.29, 1.82) is 0 Å². The molecule has 1 saturated heterocycles. The third-order valence-electron chi connectivity index (χ3n) is 3.18. The third kappa shape index (κ3) is 3.45. The predicted octanol–water partition coefficient (Wildman–Crippen LogP) is 0.885. The van der Waals surface area contributed by atoms with Gasteiger partial charge in [0.15, 0.2) is 0 Å². The average molecular weight is 299 g/mol. The van der Waals surface area contributed by atoms with Crippen LogP contribution in [0.2, 0.25) is 0 Å². The Bertz CT molecular complexity index is 497. The van der Waals surface area contributed by atoms with Gasteiger partial charge in [0.1, 0.15) is 10.5 Å². The number of carboxylic acids is 1. The van der Waals surface area contributed by atoms with Gasteiger partial charge in [-0.1, -0.05) is 0 Å². The molecule has 7 nitrogen and oxygen atoms in total. The normalized spacial score (nSPS) is 17.4. The molecule has 1 aromatic heterocycles. The zero-order chi connectivity index (χ0) is 14.6. The van der Waals surface area contributed by atoms with Gasteiger partial charge >= 0.3 is 12.0 Å². The molecule has 2 amide bonds. The van der Waals surface area contributed by atoms with Gasteiger partial charge in [-0.05, 0) is 6.92 Å². The van der Waals surface area contributed by atoms with Crippen LogP contribution in [0.1, 0.15) is 23.5 Å². The van der Waals surface area contributed by atoms with Crippen molar-refractivity contribution >= 4 is 23.3 Å². The Labute approximate surface area is 120 Å². The Balaban J connectivity index is 1.90. The van der Waals surface area contributed by atoms with E-state index < -0.39 is 17.5 Å². The maximum Gasteiger partial charge on any atom is 0.329 e. The Kier molecular flexibility index (Phi) is 4.56. The molecule has 0 atom stereocenters. The molecule has 1 aromatic rings. The van der Waals surface area contributed by atoms with E-state index in [1.807, 2.05) is 12.3 Å². The lowest BCUT2D eigenvalue weighted by Gasteiger charge is -2.33. The second-order valence-corrected chi connectivity index (χ2v) is 5.63. The molecule has 0 spiro atoms. The molecule has 110 valence electrons. The average Bonchev–Trinajstić information content (AvgIpc) is 2.83. The zero-order valence-electron chi connectivity index (χ0n) is 11.1. The standard InChI is InChI=1S/C12H17N3O4S/c1-8-7-20-9(14-8)6-13-11(18)15-12(10(16)17)2-4-19-5-3-12/h7H,2-6H2,1H3,(H,16,17)(H2,13,15,18). The van der Waals surface area contributed by atoms with Crippen LogP contribution in [0, 0.1) is 6.92 Å². The number of thiazole rings is 1. The first-order valence-electron chi connectivity index (χ1n) is 6.30. The van der Waals surface area contributed by atoms with Crippen LogP contribution in [-0.2, 0) is 16.1 Å². The summed E-state index contributed by atoms with van der Waals surface area (Å²) in [5, 5.41) is 17.2. The number of hydrogen-bond acceptors (Lipinski definition) is 5. The molecule has 0 saturated carbocycles. The van der Waals surface area contributed by atoms with Gasteiger partial charge in [0.25, 0.3) is 0 Å². The van der Waals surface area contributed by atoms with Crippen molar-refractivity contribution in [2.45, 2.75) is 31.8 Å². The maximum absolute atomic E-state index is 11.9. The molecule has 0 unspecified atom stereocenters. The molecule has 1 fully saturated rings. The first-order chi connectivity index (χ1) is 9.52. The fourth-order valence-corrected chi connectivity index (χ4v) is 2.72. The van der Waals surface area contributed by atoms with Crippen molar-refractivity contribution in [3.63, 3.8) is 0 Å². The van der Waals surface area contributed by atoms with Crippen LogP contribution in [0.25, 0.3) is 0 Å². The monoisotopic (exact) mass is 299 g/mol. The number of carboxylic acid groups (broad SMARTS) is 1. The van der Waals surface area contributed by atoms with E-state index in [2.05, 4.69) is 15.6 Å². The number of aliphatic carboxylic acids is 1. The number of ether oxygens (including phenoxy) is 1. The number of amides is 2. The Morgan fingerprint density at radius 3 is 2.75 bits per heavy atom. The highest BCUT2D eigenvalue weighted by atomic mass is 32.1. The molecule has 0 aliphatic carbocycles. The molecular formula is C12H17N3O4S. The molecule has 2 heterocycles. The molecule has 2 rings (SSSR count).